The number of carboxylic acids is 1. The first-order chi connectivity index (χ1) is 16.5. The van der Waals surface area contributed by atoms with Crippen molar-refractivity contribution < 1.29 is 29.3 Å². The van der Waals surface area contributed by atoms with Crippen molar-refractivity contribution in [1.82, 2.24) is 10.2 Å². The van der Waals surface area contributed by atoms with Gasteiger partial charge in [-0.05, 0) is 35.1 Å². The number of hydrogen-bond donors (Lipinski definition) is 3. The van der Waals surface area contributed by atoms with Crippen LogP contribution in [0.15, 0.2) is 48.5 Å². The molecule has 0 aromatic heterocycles. The molecule has 0 saturated carbocycles. The lowest BCUT2D eigenvalue weighted by molar-refractivity contribution is -0.144. The molecule has 0 fully saturated rings. The number of benzene rings is 2. The number of hydrogen-bond acceptors (Lipinski definition) is 5. The van der Waals surface area contributed by atoms with Crippen molar-refractivity contribution in [3.8, 4) is 11.1 Å². The van der Waals surface area contributed by atoms with E-state index < -0.39 is 18.6 Å². The molecule has 0 atom stereocenters. The lowest BCUT2D eigenvalue weighted by Gasteiger charge is -2.19. The number of nitrogens with zero attached hydrogens (tertiary/aromatic N) is 1. The van der Waals surface area contributed by atoms with Crippen LogP contribution in [0, 0.1) is 0 Å². The van der Waals surface area contributed by atoms with Crippen molar-refractivity contribution in [3.63, 3.8) is 0 Å². The second-order valence-corrected chi connectivity index (χ2v) is 8.35. The van der Waals surface area contributed by atoms with Crippen molar-refractivity contribution in [2.75, 3.05) is 32.8 Å². The van der Waals surface area contributed by atoms with Crippen LogP contribution >= 0.6 is 0 Å². The monoisotopic (exact) mass is 468 g/mol. The van der Waals surface area contributed by atoms with Gasteiger partial charge in [-0.1, -0.05) is 61.4 Å². The predicted octanol–water partition coefficient (Wildman–Crippen LogP) is 3.38. The van der Waals surface area contributed by atoms with Gasteiger partial charge >= 0.3 is 12.1 Å². The highest BCUT2D eigenvalue weighted by Crippen LogP contribution is 2.44. The number of ether oxygens (including phenoxy) is 1. The maximum Gasteiger partial charge on any atom is 0.407 e. The molecule has 2 aromatic rings. The summed E-state index contributed by atoms with van der Waals surface area (Å²) in [5, 5.41) is 20.6. The van der Waals surface area contributed by atoms with Crippen LogP contribution < -0.4 is 5.32 Å². The molecule has 1 aliphatic rings. The molecular weight excluding hydrogens is 436 g/mol. The highest BCUT2D eigenvalue weighted by molar-refractivity contribution is 5.81. The Morgan fingerprint density at radius 1 is 0.912 bits per heavy atom. The van der Waals surface area contributed by atoms with Gasteiger partial charge in [-0.15, -0.1) is 0 Å². The van der Waals surface area contributed by atoms with E-state index in [4.69, 9.17) is 14.9 Å². The zero-order valence-electron chi connectivity index (χ0n) is 19.2. The van der Waals surface area contributed by atoms with E-state index in [1.54, 1.807) is 0 Å². The molecule has 3 rings (SSSR count). The fourth-order valence-electron chi connectivity index (χ4n) is 4.33. The molecule has 0 unspecified atom stereocenters. The Kier molecular flexibility index (Phi) is 9.46. The average Bonchev–Trinajstić information content (AvgIpc) is 3.15. The summed E-state index contributed by atoms with van der Waals surface area (Å²) in [6.45, 7) is 0.127. The summed E-state index contributed by atoms with van der Waals surface area (Å²) in [5.41, 5.74) is 4.72. The fraction of sp³-hybridized carbons (Fsp3) is 0.423. The number of nitrogens with one attached hydrogen (secondary N) is 1. The smallest absolute Gasteiger partial charge is 0.407 e. The quantitative estimate of drug-likeness (QED) is 0.388. The van der Waals surface area contributed by atoms with Crippen LogP contribution in [0.3, 0.4) is 0 Å². The number of amides is 2. The second-order valence-electron chi connectivity index (χ2n) is 8.35. The van der Waals surface area contributed by atoms with E-state index in [1.165, 1.54) is 22.3 Å². The number of unbranched alkanes of at least 4 members (excludes halogenated alkanes) is 3. The second kappa shape index (κ2) is 12.7. The summed E-state index contributed by atoms with van der Waals surface area (Å²) in [5.74, 6) is -1.34. The number of carboxylic acid groups (broad SMARTS) is 1. The Labute approximate surface area is 199 Å². The molecule has 34 heavy (non-hydrogen) atoms. The number of fused-ring (bicyclic) bond motifs is 3. The van der Waals surface area contributed by atoms with Gasteiger partial charge in [0.2, 0.25) is 5.91 Å². The number of aliphatic hydroxyl groups excluding tert-OH is 1. The lowest BCUT2D eigenvalue weighted by Crippen LogP contribution is -2.37. The van der Waals surface area contributed by atoms with Gasteiger partial charge < -0.3 is 25.2 Å². The average molecular weight is 469 g/mol. The number of carbonyl (C=O) groups is 3. The molecule has 8 heteroatoms. The van der Waals surface area contributed by atoms with Crippen LogP contribution in [0.2, 0.25) is 0 Å². The summed E-state index contributed by atoms with van der Waals surface area (Å²) in [6, 6.07) is 16.4. The minimum Gasteiger partial charge on any atom is -0.480 e. The topological polar surface area (TPSA) is 116 Å². The van der Waals surface area contributed by atoms with Gasteiger partial charge in [0.15, 0.2) is 0 Å². The lowest BCUT2D eigenvalue weighted by atomic mass is 9.98. The summed E-state index contributed by atoms with van der Waals surface area (Å²) in [4.78, 5) is 36.2. The summed E-state index contributed by atoms with van der Waals surface area (Å²) in [7, 11) is 0. The summed E-state index contributed by atoms with van der Waals surface area (Å²) < 4.78 is 5.51. The van der Waals surface area contributed by atoms with Gasteiger partial charge in [-0.25, -0.2) is 4.79 Å². The Morgan fingerprint density at radius 2 is 1.53 bits per heavy atom. The van der Waals surface area contributed by atoms with E-state index >= 15 is 0 Å². The van der Waals surface area contributed by atoms with Crippen LogP contribution in [0.5, 0.6) is 0 Å². The van der Waals surface area contributed by atoms with E-state index in [0.717, 1.165) is 24.2 Å². The van der Waals surface area contributed by atoms with Gasteiger partial charge in [0.25, 0.3) is 0 Å². The Hall–Kier alpha value is -3.39. The molecule has 3 N–H and O–H groups in total. The number of aliphatic hydroxyl groups is 1. The first kappa shape index (κ1) is 25.2. The molecular formula is C26H32N2O6. The normalized spacial score (nSPS) is 12.0. The Morgan fingerprint density at radius 3 is 2.15 bits per heavy atom. The van der Waals surface area contributed by atoms with Crippen molar-refractivity contribution in [2.45, 2.75) is 38.0 Å². The molecule has 2 amide bonds. The molecule has 1 aliphatic carbocycles. The largest absolute Gasteiger partial charge is 0.480 e. The van der Waals surface area contributed by atoms with E-state index in [9.17, 15) is 14.4 Å². The van der Waals surface area contributed by atoms with Crippen LogP contribution in [-0.2, 0) is 14.3 Å². The van der Waals surface area contributed by atoms with Crippen LogP contribution in [0.4, 0.5) is 4.79 Å². The number of carbonyl (C=O) groups excluding carboxylic acids is 2. The van der Waals surface area contributed by atoms with Gasteiger partial charge in [-0.2, -0.15) is 0 Å². The molecule has 2 aromatic carbocycles. The first-order valence-corrected chi connectivity index (χ1v) is 11.7. The minimum atomic E-state index is -1.10. The van der Waals surface area contributed by atoms with E-state index in [1.807, 2.05) is 24.3 Å². The van der Waals surface area contributed by atoms with Crippen molar-refractivity contribution in [2.24, 2.45) is 0 Å². The highest BCUT2D eigenvalue weighted by atomic mass is 16.5. The van der Waals surface area contributed by atoms with Crippen molar-refractivity contribution >= 4 is 18.0 Å². The molecule has 0 aliphatic heterocycles. The molecule has 0 heterocycles. The van der Waals surface area contributed by atoms with Crippen molar-refractivity contribution in [1.29, 1.82) is 0 Å². The third-order valence-corrected chi connectivity index (χ3v) is 5.98. The van der Waals surface area contributed by atoms with Gasteiger partial charge in [0.05, 0.1) is 6.61 Å². The van der Waals surface area contributed by atoms with E-state index in [0.29, 0.717) is 13.0 Å². The zero-order chi connectivity index (χ0) is 24.3. The van der Waals surface area contributed by atoms with Crippen molar-refractivity contribution in [3.05, 3.63) is 59.7 Å². The molecule has 0 radical (unpaired) electrons. The summed E-state index contributed by atoms with van der Waals surface area (Å²) in [6.07, 6.45) is 2.81. The predicted molar refractivity (Wildman–Crippen MR) is 127 cm³/mol. The van der Waals surface area contributed by atoms with Gasteiger partial charge in [-0.3, -0.25) is 9.59 Å². The molecule has 0 spiro atoms. The summed E-state index contributed by atoms with van der Waals surface area (Å²) >= 11 is 0. The SMILES string of the molecule is O=C(O)CN(CCO)C(=O)CCCCCCNC(=O)OCC1c2ccccc2-c2ccccc21. The van der Waals surface area contributed by atoms with E-state index in [2.05, 4.69) is 29.6 Å². The van der Waals surface area contributed by atoms with E-state index in [-0.39, 0.29) is 38.0 Å². The number of alkyl carbamates (subject to hydrolysis) is 1. The highest BCUT2D eigenvalue weighted by Gasteiger charge is 2.28. The Bertz CT molecular complexity index is 947. The third-order valence-electron chi connectivity index (χ3n) is 5.98. The maximum absolute atomic E-state index is 12.2. The van der Waals surface area contributed by atoms with Crippen LogP contribution in [-0.4, -0.2) is 65.9 Å². The van der Waals surface area contributed by atoms with Gasteiger partial charge in [0.1, 0.15) is 13.2 Å². The third kappa shape index (κ3) is 6.81. The van der Waals surface area contributed by atoms with Gasteiger partial charge in [0, 0.05) is 25.4 Å². The molecule has 0 bridgehead atoms. The fourth-order valence-corrected chi connectivity index (χ4v) is 4.33. The minimum absolute atomic E-state index is 0.0230. The first-order valence-electron chi connectivity index (χ1n) is 11.7. The molecule has 8 nitrogen and oxygen atoms in total. The number of rotatable bonds is 13. The standard InChI is InChI=1S/C26H32N2O6/c29-16-15-28(17-25(31)32)24(30)13-3-1-2-8-14-27-26(33)34-18-23-21-11-6-4-9-19(21)20-10-5-7-12-22(20)23/h4-7,9-12,23,29H,1-3,8,13-18H2,(H,27,33)(H,31,32). The zero-order valence-corrected chi connectivity index (χ0v) is 19.2. The van der Waals surface area contributed by atoms with Crippen LogP contribution in [0.1, 0.15) is 49.1 Å². The number of aliphatic carboxylic acids is 1. The van der Waals surface area contributed by atoms with Crippen LogP contribution in [0.25, 0.3) is 11.1 Å². The Balaban J connectivity index is 1.32. The molecule has 182 valence electrons. The maximum atomic E-state index is 12.2. The molecule has 0 saturated heterocycles.